The Morgan fingerprint density at radius 2 is 1.95 bits per heavy atom. The van der Waals surface area contributed by atoms with Crippen molar-refractivity contribution in [2.45, 2.75) is 6.92 Å². The number of aromatic nitrogens is 2. The zero-order valence-electron chi connectivity index (χ0n) is 11.0. The van der Waals surface area contributed by atoms with Gasteiger partial charge < -0.3 is 20.2 Å². The molecule has 2 aromatic rings. The molecule has 0 radical (unpaired) electrons. The quantitative estimate of drug-likeness (QED) is 0.872. The van der Waals surface area contributed by atoms with Crippen molar-refractivity contribution in [1.82, 2.24) is 9.97 Å². The van der Waals surface area contributed by atoms with Crippen molar-refractivity contribution in [3.8, 4) is 22.8 Å². The smallest absolute Gasteiger partial charge is 0.284 e. The molecule has 3 N–H and O–H groups in total. The summed E-state index contributed by atoms with van der Waals surface area (Å²) in [6.07, 6.45) is 1.53. The third-order valence-electron chi connectivity index (χ3n) is 2.82. The summed E-state index contributed by atoms with van der Waals surface area (Å²) < 4.78 is 10.6. The van der Waals surface area contributed by atoms with Gasteiger partial charge in [-0.25, -0.2) is 4.98 Å². The van der Waals surface area contributed by atoms with Gasteiger partial charge >= 0.3 is 0 Å². The number of amides is 1. The van der Waals surface area contributed by atoms with Gasteiger partial charge in [-0.2, -0.15) is 0 Å². The summed E-state index contributed by atoms with van der Waals surface area (Å²) in [5, 5.41) is 0. The number of rotatable bonds is 4. The number of primary amides is 1. The van der Waals surface area contributed by atoms with Crippen LogP contribution in [0.25, 0.3) is 11.3 Å². The van der Waals surface area contributed by atoms with Crippen LogP contribution in [0, 0.1) is 6.92 Å². The first-order chi connectivity index (χ1) is 9.06. The van der Waals surface area contributed by atoms with E-state index in [1.54, 1.807) is 14.2 Å². The molecule has 1 heterocycles. The highest BCUT2D eigenvalue weighted by atomic mass is 16.5. The van der Waals surface area contributed by atoms with E-state index in [4.69, 9.17) is 15.2 Å². The van der Waals surface area contributed by atoms with Gasteiger partial charge in [-0.1, -0.05) is 0 Å². The van der Waals surface area contributed by atoms with E-state index in [1.165, 1.54) is 6.20 Å². The van der Waals surface area contributed by atoms with E-state index < -0.39 is 5.91 Å². The molecule has 0 saturated carbocycles. The molecule has 2 rings (SSSR count). The van der Waals surface area contributed by atoms with Crippen molar-refractivity contribution in [2.24, 2.45) is 5.73 Å². The van der Waals surface area contributed by atoms with Gasteiger partial charge in [0.05, 0.1) is 26.1 Å². The Labute approximate surface area is 110 Å². The molecule has 0 aliphatic carbocycles. The van der Waals surface area contributed by atoms with Crippen molar-refractivity contribution in [2.75, 3.05) is 14.2 Å². The van der Waals surface area contributed by atoms with Crippen molar-refractivity contribution >= 4 is 5.91 Å². The Balaban J connectivity index is 2.55. The van der Waals surface area contributed by atoms with Gasteiger partial charge in [0.15, 0.2) is 5.82 Å². The number of hydrogen-bond acceptors (Lipinski definition) is 4. The van der Waals surface area contributed by atoms with Crippen LogP contribution in [0.2, 0.25) is 0 Å². The van der Waals surface area contributed by atoms with Crippen LogP contribution >= 0.6 is 0 Å². The number of aryl methyl sites for hydroxylation is 1. The van der Waals surface area contributed by atoms with E-state index in [-0.39, 0.29) is 5.82 Å². The van der Waals surface area contributed by atoms with Crippen LogP contribution < -0.4 is 15.2 Å². The van der Waals surface area contributed by atoms with E-state index in [2.05, 4.69) is 9.97 Å². The zero-order valence-corrected chi connectivity index (χ0v) is 11.0. The summed E-state index contributed by atoms with van der Waals surface area (Å²) in [6.45, 7) is 1.92. The molecule has 0 unspecified atom stereocenters. The normalized spacial score (nSPS) is 10.3. The van der Waals surface area contributed by atoms with Crippen LogP contribution in [0.1, 0.15) is 16.2 Å². The number of imidazole rings is 1. The van der Waals surface area contributed by atoms with Gasteiger partial charge in [0.2, 0.25) is 0 Å². The van der Waals surface area contributed by atoms with E-state index in [0.29, 0.717) is 11.4 Å². The number of hydrogen-bond donors (Lipinski definition) is 2. The molecule has 1 amide bonds. The van der Waals surface area contributed by atoms with E-state index in [0.717, 1.165) is 16.9 Å². The minimum atomic E-state index is -0.607. The van der Waals surface area contributed by atoms with Crippen LogP contribution in [-0.2, 0) is 0 Å². The van der Waals surface area contributed by atoms with Crippen LogP contribution in [-0.4, -0.2) is 30.1 Å². The molecule has 6 heteroatoms. The SMILES string of the molecule is COc1cc(-c2cnc(C(N)=O)[nH]2)c(OC)cc1C. The minimum Gasteiger partial charge on any atom is -0.496 e. The molecule has 6 nitrogen and oxygen atoms in total. The number of benzene rings is 1. The molecule has 100 valence electrons. The number of carbonyl (C=O) groups excluding carboxylic acids is 1. The molecular weight excluding hydrogens is 246 g/mol. The molecule has 19 heavy (non-hydrogen) atoms. The molecule has 0 atom stereocenters. The largest absolute Gasteiger partial charge is 0.496 e. The number of nitrogens with two attached hydrogens (primary N) is 1. The van der Waals surface area contributed by atoms with Crippen LogP contribution in [0.15, 0.2) is 18.3 Å². The predicted molar refractivity (Wildman–Crippen MR) is 70.4 cm³/mol. The second-order valence-electron chi connectivity index (χ2n) is 4.03. The van der Waals surface area contributed by atoms with Crippen LogP contribution in [0.4, 0.5) is 0 Å². The predicted octanol–water partition coefficient (Wildman–Crippen LogP) is 1.50. The fraction of sp³-hybridized carbons (Fsp3) is 0.231. The number of nitrogens with one attached hydrogen (secondary N) is 1. The lowest BCUT2D eigenvalue weighted by atomic mass is 10.1. The van der Waals surface area contributed by atoms with Gasteiger partial charge in [0.25, 0.3) is 5.91 Å². The molecule has 1 aromatic heterocycles. The van der Waals surface area contributed by atoms with Crippen molar-refractivity contribution < 1.29 is 14.3 Å². The second kappa shape index (κ2) is 5.01. The standard InChI is InChI=1S/C13H15N3O3/c1-7-4-11(19-3)8(5-10(7)18-2)9-6-15-13(16-9)12(14)17/h4-6H,1-3H3,(H2,14,17)(H,15,16). The van der Waals surface area contributed by atoms with Crippen LogP contribution in [0.5, 0.6) is 11.5 Å². The molecule has 0 aliphatic heterocycles. The molecule has 0 saturated heterocycles. The first-order valence-corrected chi connectivity index (χ1v) is 5.64. The van der Waals surface area contributed by atoms with Gasteiger partial charge in [-0.3, -0.25) is 4.79 Å². The lowest BCUT2D eigenvalue weighted by Crippen LogP contribution is -2.12. The zero-order chi connectivity index (χ0) is 14.0. The monoisotopic (exact) mass is 261 g/mol. The molecule has 0 aliphatic rings. The third-order valence-corrected chi connectivity index (χ3v) is 2.82. The average Bonchev–Trinajstić information content (AvgIpc) is 2.88. The minimum absolute atomic E-state index is 0.108. The Hall–Kier alpha value is -2.50. The number of aromatic amines is 1. The number of methoxy groups -OCH3 is 2. The second-order valence-corrected chi connectivity index (χ2v) is 4.03. The maximum absolute atomic E-state index is 11.0. The van der Waals surface area contributed by atoms with Crippen molar-refractivity contribution in [3.63, 3.8) is 0 Å². The Morgan fingerprint density at radius 1 is 1.26 bits per heavy atom. The Bertz CT molecular complexity index is 620. The van der Waals surface area contributed by atoms with Gasteiger partial charge in [0, 0.05) is 5.56 Å². The average molecular weight is 261 g/mol. The number of H-pyrrole nitrogens is 1. The van der Waals surface area contributed by atoms with Crippen LogP contribution in [0.3, 0.4) is 0 Å². The summed E-state index contributed by atoms with van der Waals surface area (Å²) in [7, 11) is 3.18. The lowest BCUT2D eigenvalue weighted by molar-refractivity contribution is 0.0991. The summed E-state index contributed by atoms with van der Waals surface area (Å²) in [5.74, 6) is 0.893. The highest BCUT2D eigenvalue weighted by Gasteiger charge is 2.14. The number of nitrogens with zero attached hydrogens (tertiary/aromatic N) is 1. The highest BCUT2D eigenvalue weighted by molar-refractivity contribution is 5.89. The van der Waals surface area contributed by atoms with Crippen molar-refractivity contribution in [3.05, 3.63) is 29.7 Å². The molecule has 0 bridgehead atoms. The third kappa shape index (κ3) is 2.37. The Morgan fingerprint density at radius 3 is 2.47 bits per heavy atom. The summed E-state index contributed by atoms with van der Waals surface area (Å²) >= 11 is 0. The summed E-state index contributed by atoms with van der Waals surface area (Å²) in [4.78, 5) is 17.8. The molecule has 0 fully saturated rings. The first kappa shape index (κ1) is 12.9. The summed E-state index contributed by atoms with van der Waals surface area (Å²) in [6, 6.07) is 3.69. The van der Waals surface area contributed by atoms with Gasteiger partial charge in [-0.15, -0.1) is 0 Å². The van der Waals surface area contributed by atoms with E-state index >= 15 is 0 Å². The first-order valence-electron chi connectivity index (χ1n) is 5.64. The van der Waals surface area contributed by atoms with Gasteiger partial charge in [-0.05, 0) is 24.6 Å². The highest BCUT2D eigenvalue weighted by Crippen LogP contribution is 2.34. The molecule has 1 aromatic carbocycles. The topological polar surface area (TPSA) is 90.2 Å². The Kier molecular flexibility index (Phi) is 3.41. The fourth-order valence-corrected chi connectivity index (χ4v) is 1.84. The van der Waals surface area contributed by atoms with E-state index in [9.17, 15) is 4.79 Å². The number of ether oxygens (including phenoxy) is 2. The maximum Gasteiger partial charge on any atom is 0.284 e. The fourth-order valence-electron chi connectivity index (χ4n) is 1.84. The maximum atomic E-state index is 11.0. The van der Waals surface area contributed by atoms with Gasteiger partial charge in [0.1, 0.15) is 11.5 Å². The molecular formula is C13H15N3O3. The van der Waals surface area contributed by atoms with Crippen molar-refractivity contribution in [1.29, 1.82) is 0 Å². The lowest BCUT2D eigenvalue weighted by Gasteiger charge is -2.11. The number of carbonyl (C=O) groups is 1. The summed E-state index contributed by atoms with van der Waals surface area (Å²) in [5.41, 5.74) is 7.52. The van der Waals surface area contributed by atoms with E-state index in [1.807, 2.05) is 19.1 Å². The molecule has 0 spiro atoms.